The van der Waals surface area contributed by atoms with Crippen molar-refractivity contribution in [2.75, 3.05) is 13.1 Å². The first-order valence-corrected chi connectivity index (χ1v) is 6.75. The molecule has 1 heterocycles. The number of nitrogens with zero attached hydrogens (tertiary/aromatic N) is 1. The Morgan fingerprint density at radius 1 is 1.18 bits per heavy atom. The van der Waals surface area contributed by atoms with Gasteiger partial charge in [0.05, 0.1) is 0 Å². The molecule has 17 heavy (non-hydrogen) atoms. The van der Waals surface area contributed by atoms with Gasteiger partial charge >= 0.3 is 0 Å². The second-order valence-corrected chi connectivity index (χ2v) is 4.66. The largest absolute Gasteiger partial charge is 0.312 e. The molecule has 2 amide bonds. The third-order valence-electron chi connectivity index (χ3n) is 3.21. The zero-order valence-electron chi connectivity index (χ0n) is 11.0. The Hall–Kier alpha value is -0.900. The van der Waals surface area contributed by atoms with Gasteiger partial charge in [0.1, 0.15) is 0 Å². The molecule has 0 saturated carbocycles. The van der Waals surface area contributed by atoms with Crippen LogP contribution in [0.25, 0.3) is 0 Å². The molecule has 0 spiro atoms. The Morgan fingerprint density at radius 3 is 2.24 bits per heavy atom. The fraction of sp³-hybridized carbons (Fsp3) is 0.846. The normalized spacial score (nSPS) is 19.3. The minimum atomic E-state index is 0.00393. The van der Waals surface area contributed by atoms with Crippen LogP contribution in [-0.2, 0) is 9.59 Å². The number of rotatable bonds is 6. The van der Waals surface area contributed by atoms with Crippen molar-refractivity contribution in [1.82, 2.24) is 10.2 Å². The van der Waals surface area contributed by atoms with Gasteiger partial charge in [-0.1, -0.05) is 13.8 Å². The summed E-state index contributed by atoms with van der Waals surface area (Å²) in [6.45, 7) is 5.67. The fourth-order valence-corrected chi connectivity index (χ4v) is 2.07. The molecule has 1 saturated heterocycles. The number of carbonyl (C=O) groups is 2. The van der Waals surface area contributed by atoms with Crippen LogP contribution in [-0.4, -0.2) is 35.8 Å². The Morgan fingerprint density at radius 2 is 1.76 bits per heavy atom. The van der Waals surface area contributed by atoms with Crippen molar-refractivity contribution < 1.29 is 9.59 Å². The molecule has 0 aromatic rings. The van der Waals surface area contributed by atoms with Crippen LogP contribution in [0.3, 0.4) is 0 Å². The molecular weight excluding hydrogens is 216 g/mol. The maximum absolute atomic E-state index is 11.8. The number of carbonyl (C=O) groups excluding carboxylic acids is 2. The lowest BCUT2D eigenvalue weighted by atomic mass is 10.2. The molecule has 1 rings (SSSR count). The van der Waals surface area contributed by atoms with E-state index >= 15 is 0 Å². The van der Waals surface area contributed by atoms with Gasteiger partial charge in [-0.05, 0) is 32.2 Å². The fourth-order valence-electron chi connectivity index (χ4n) is 2.07. The van der Waals surface area contributed by atoms with Gasteiger partial charge in [0, 0.05) is 25.4 Å². The molecule has 1 aliphatic heterocycles. The summed E-state index contributed by atoms with van der Waals surface area (Å²) in [4.78, 5) is 25.1. The Kier molecular flexibility index (Phi) is 6.19. The number of nitrogens with one attached hydrogen (secondary N) is 1. The Labute approximate surface area is 104 Å². The third kappa shape index (κ3) is 4.46. The third-order valence-corrected chi connectivity index (χ3v) is 3.21. The summed E-state index contributed by atoms with van der Waals surface area (Å²) in [5, 5.41) is 3.38. The van der Waals surface area contributed by atoms with Gasteiger partial charge in [0.25, 0.3) is 0 Å². The Bertz CT molecular complexity index is 248. The van der Waals surface area contributed by atoms with E-state index in [0.29, 0.717) is 19.4 Å². The molecule has 0 aliphatic carbocycles. The van der Waals surface area contributed by atoms with Gasteiger partial charge in [-0.2, -0.15) is 0 Å². The smallest absolute Gasteiger partial charge is 0.229 e. The number of amides is 2. The number of likely N-dealkylation sites (tertiary alicyclic amines) is 1. The monoisotopic (exact) mass is 240 g/mol. The van der Waals surface area contributed by atoms with Gasteiger partial charge < -0.3 is 5.32 Å². The van der Waals surface area contributed by atoms with Crippen molar-refractivity contribution >= 4 is 11.8 Å². The van der Waals surface area contributed by atoms with E-state index in [2.05, 4.69) is 19.2 Å². The molecule has 1 aliphatic rings. The molecule has 98 valence electrons. The lowest BCUT2D eigenvalue weighted by molar-refractivity contribution is -0.144. The predicted molar refractivity (Wildman–Crippen MR) is 67.6 cm³/mol. The Balaban J connectivity index is 2.55. The predicted octanol–water partition coefficient (Wildman–Crippen LogP) is 1.69. The van der Waals surface area contributed by atoms with Crippen LogP contribution in [0.1, 0.15) is 52.4 Å². The van der Waals surface area contributed by atoms with E-state index in [9.17, 15) is 9.59 Å². The second-order valence-electron chi connectivity index (χ2n) is 4.66. The highest BCUT2D eigenvalue weighted by Gasteiger charge is 2.25. The summed E-state index contributed by atoms with van der Waals surface area (Å²) in [6, 6.07) is 0.237. The standard InChI is InChI=1S/C13H24N2O2/c1-3-9-14-11(4-2)10-15-12(16)7-5-6-8-13(15)17/h11,14H,3-10H2,1-2H3. The van der Waals surface area contributed by atoms with Crippen molar-refractivity contribution in [3.63, 3.8) is 0 Å². The maximum atomic E-state index is 11.8. The van der Waals surface area contributed by atoms with E-state index in [4.69, 9.17) is 0 Å². The van der Waals surface area contributed by atoms with E-state index < -0.39 is 0 Å². The van der Waals surface area contributed by atoms with Crippen LogP contribution in [0, 0.1) is 0 Å². The van der Waals surface area contributed by atoms with E-state index in [-0.39, 0.29) is 17.9 Å². The number of imide groups is 1. The van der Waals surface area contributed by atoms with Crippen molar-refractivity contribution in [3.8, 4) is 0 Å². The number of hydrogen-bond donors (Lipinski definition) is 1. The average molecular weight is 240 g/mol. The van der Waals surface area contributed by atoms with E-state index in [1.807, 2.05) is 0 Å². The minimum absolute atomic E-state index is 0.00393. The van der Waals surface area contributed by atoms with Crippen molar-refractivity contribution in [1.29, 1.82) is 0 Å². The van der Waals surface area contributed by atoms with Crippen LogP contribution in [0.5, 0.6) is 0 Å². The molecule has 0 aromatic heterocycles. The van der Waals surface area contributed by atoms with Crippen molar-refractivity contribution in [2.24, 2.45) is 0 Å². The minimum Gasteiger partial charge on any atom is -0.312 e. The SMILES string of the molecule is CCCNC(CC)CN1C(=O)CCCCC1=O. The summed E-state index contributed by atoms with van der Waals surface area (Å²) in [5.74, 6) is 0.00787. The summed E-state index contributed by atoms with van der Waals surface area (Å²) in [5.41, 5.74) is 0. The molecular formula is C13H24N2O2. The first-order chi connectivity index (χ1) is 8.19. The van der Waals surface area contributed by atoms with E-state index in [0.717, 1.165) is 32.2 Å². The highest BCUT2D eigenvalue weighted by molar-refractivity contribution is 5.96. The average Bonchev–Trinajstić information content (AvgIpc) is 2.48. The topological polar surface area (TPSA) is 49.4 Å². The summed E-state index contributed by atoms with van der Waals surface area (Å²) >= 11 is 0. The van der Waals surface area contributed by atoms with Crippen LogP contribution < -0.4 is 5.32 Å². The molecule has 0 aromatic carbocycles. The van der Waals surface area contributed by atoms with Crippen molar-refractivity contribution in [2.45, 2.75) is 58.4 Å². The van der Waals surface area contributed by atoms with Crippen LogP contribution in [0.2, 0.25) is 0 Å². The second kappa shape index (κ2) is 7.43. The molecule has 0 radical (unpaired) electrons. The molecule has 1 unspecified atom stereocenters. The highest BCUT2D eigenvalue weighted by Crippen LogP contribution is 2.13. The first-order valence-electron chi connectivity index (χ1n) is 6.75. The van der Waals surface area contributed by atoms with Crippen LogP contribution >= 0.6 is 0 Å². The summed E-state index contributed by atoms with van der Waals surface area (Å²) < 4.78 is 0. The molecule has 4 nitrogen and oxygen atoms in total. The lowest BCUT2D eigenvalue weighted by Crippen LogP contribution is -2.45. The zero-order chi connectivity index (χ0) is 12.7. The van der Waals surface area contributed by atoms with Crippen LogP contribution in [0.4, 0.5) is 0 Å². The zero-order valence-corrected chi connectivity index (χ0v) is 11.0. The molecule has 1 fully saturated rings. The summed E-state index contributed by atoms with van der Waals surface area (Å²) in [6.07, 6.45) is 4.75. The molecule has 0 bridgehead atoms. The van der Waals surface area contributed by atoms with Gasteiger partial charge in [0.15, 0.2) is 0 Å². The van der Waals surface area contributed by atoms with Gasteiger partial charge in [0.2, 0.25) is 11.8 Å². The summed E-state index contributed by atoms with van der Waals surface area (Å²) in [7, 11) is 0. The number of hydrogen-bond acceptors (Lipinski definition) is 3. The first kappa shape index (κ1) is 14.2. The lowest BCUT2D eigenvalue weighted by Gasteiger charge is -2.25. The van der Waals surface area contributed by atoms with E-state index in [1.54, 1.807) is 0 Å². The maximum Gasteiger partial charge on any atom is 0.229 e. The molecule has 4 heteroatoms. The van der Waals surface area contributed by atoms with E-state index in [1.165, 1.54) is 4.90 Å². The highest BCUT2D eigenvalue weighted by atomic mass is 16.2. The van der Waals surface area contributed by atoms with Crippen LogP contribution in [0.15, 0.2) is 0 Å². The molecule has 1 atom stereocenters. The van der Waals surface area contributed by atoms with Crippen molar-refractivity contribution in [3.05, 3.63) is 0 Å². The van der Waals surface area contributed by atoms with Gasteiger partial charge in [-0.25, -0.2) is 0 Å². The van der Waals surface area contributed by atoms with Gasteiger partial charge in [-0.15, -0.1) is 0 Å². The quantitative estimate of drug-likeness (QED) is 0.719. The molecule has 1 N–H and O–H groups in total. The van der Waals surface area contributed by atoms with Gasteiger partial charge in [-0.3, -0.25) is 14.5 Å².